The molecule has 0 atom stereocenters. The lowest BCUT2D eigenvalue weighted by Gasteiger charge is -2.12. The molecule has 174 valence electrons. The number of halogens is 1. The van der Waals surface area contributed by atoms with E-state index >= 15 is 0 Å². The van der Waals surface area contributed by atoms with Gasteiger partial charge in [-0.05, 0) is 54.6 Å². The van der Waals surface area contributed by atoms with E-state index in [1.165, 1.54) is 0 Å². The quantitative estimate of drug-likeness (QED) is 0.354. The predicted molar refractivity (Wildman–Crippen MR) is 135 cm³/mol. The highest BCUT2D eigenvalue weighted by Crippen LogP contribution is 2.35. The lowest BCUT2D eigenvalue weighted by molar-refractivity contribution is -0.115. The first kappa shape index (κ1) is 22.4. The SMILES string of the molecule is COc1ccccc1NC(=O)c1ccc(Nc2ncc3c(n2)-c2ccc(Cl)cc2NC(=O)C3)cc1. The van der Waals surface area contributed by atoms with Gasteiger partial charge in [-0.1, -0.05) is 23.7 Å². The average molecular weight is 486 g/mol. The van der Waals surface area contributed by atoms with Crippen LogP contribution in [0.5, 0.6) is 5.75 Å². The number of para-hydroxylation sites is 2. The van der Waals surface area contributed by atoms with Crippen molar-refractivity contribution in [2.75, 3.05) is 23.1 Å². The number of benzene rings is 3. The molecule has 0 spiro atoms. The van der Waals surface area contributed by atoms with Crippen LogP contribution in [-0.4, -0.2) is 28.9 Å². The summed E-state index contributed by atoms with van der Waals surface area (Å²) in [7, 11) is 1.55. The third-order valence-corrected chi connectivity index (χ3v) is 5.72. The minimum atomic E-state index is -0.255. The monoisotopic (exact) mass is 485 g/mol. The molecule has 3 N–H and O–H groups in total. The number of aromatic nitrogens is 2. The van der Waals surface area contributed by atoms with Crippen molar-refractivity contribution < 1.29 is 14.3 Å². The fourth-order valence-electron chi connectivity index (χ4n) is 3.80. The van der Waals surface area contributed by atoms with Gasteiger partial charge in [0.2, 0.25) is 11.9 Å². The summed E-state index contributed by atoms with van der Waals surface area (Å²) in [6, 6.07) is 19.4. The molecule has 2 heterocycles. The maximum absolute atomic E-state index is 12.7. The van der Waals surface area contributed by atoms with Gasteiger partial charge in [-0.2, -0.15) is 0 Å². The molecule has 0 saturated heterocycles. The van der Waals surface area contributed by atoms with Gasteiger partial charge >= 0.3 is 0 Å². The van der Waals surface area contributed by atoms with Gasteiger partial charge in [0, 0.05) is 33.6 Å². The molecule has 0 aliphatic carbocycles. The normalized spacial score (nSPS) is 12.0. The number of carbonyl (C=O) groups is 2. The second-order valence-electron chi connectivity index (χ2n) is 7.84. The average Bonchev–Trinajstić information content (AvgIpc) is 2.99. The Bertz CT molecular complexity index is 1440. The van der Waals surface area contributed by atoms with E-state index in [-0.39, 0.29) is 18.2 Å². The number of hydrogen-bond donors (Lipinski definition) is 3. The summed E-state index contributed by atoms with van der Waals surface area (Å²) in [4.78, 5) is 33.9. The first-order valence-corrected chi connectivity index (χ1v) is 11.1. The molecule has 0 fully saturated rings. The molecule has 4 aromatic rings. The standard InChI is InChI=1S/C26H20ClN5O3/c1-35-22-5-3-2-4-20(22)31-25(34)15-6-9-18(10-7-15)29-26-28-14-16-12-23(33)30-21-13-17(27)8-11-19(21)24(16)32-26/h2-11,13-14H,12H2,1H3,(H,30,33)(H,31,34)(H,28,29,32). The van der Waals surface area contributed by atoms with Gasteiger partial charge in [0.15, 0.2) is 0 Å². The summed E-state index contributed by atoms with van der Waals surface area (Å²) in [6.45, 7) is 0. The number of fused-ring (bicyclic) bond motifs is 3. The van der Waals surface area contributed by atoms with E-state index in [1.54, 1.807) is 61.8 Å². The summed E-state index contributed by atoms with van der Waals surface area (Å²) >= 11 is 6.11. The van der Waals surface area contributed by atoms with Gasteiger partial charge in [0.25, 0.3) is 5.91 Å². The van der Waals surface area contributed by atoms with Crippen LogP contribution < -0.4 is 20.7 Å². The molecule has 5 rings (SSSR count). The predicted octanol–water partition coefficient (Wildman–Crippen LogP) is 5.30. The van der Waals surface area contributed by atoms with Gasteiger partial charge < -0.3 is 20.7 Å². The largest absolute Gasteiger partial charge is 0.495 e. The van der Waals surface area contributed by atoms with Crippen molar-refractivity contribution in [1.82, 2.24) is 9.97 Å². The summed E-state index contributed by atoms with van der Waals surface area (Å²) in [5, 5.41) is 9.39. The topological polar surface area (TPSA) is 105 Å². The van der Waals surface area contributed by atoms with Crippen molar-refractivity contribution in [3.05, 3.63) is 89.1 Å². The Balaban J connectivity index is 1.36. The Labute approximate surface area is 206 Å². The fourth-order valence-corrected chi connectivity index (χ4v) is 3.97. The van der Waals surface area contributed by atoms with Crippen molar-refractivity contribution in [2.24, 2.45) is 0 Å². The Kier molecular flexibility index (Phi) is 6.03. The van der Waals surface area contributed by atoms with Crippen LogP contribution in [0.2, 0.25) is 5.02 Å². The van der Waals surface area contributed by atoms with E-state index in [9.17, 15) is 9.59 Å². The first-order valence-electron chi connectivity index (χ1n) is 10.8. The van der Waals surface area contributed by atoms with Crippen molar-refractivity contribution >= 4 is 46.4 Å². The van der Waals surface area contributed by atoms with Crippen molar-refractivity contribution in [2.45, 2.75) is 6.42 Å². The zero-order valence-corrected chi connectivity index (χ0v) is 19.4. The van der Waals surface area contributed by atoms with Crippen LogP contribution in [0.1, 0.15) is 15.9 Å². The molecule has 1 aromatic heterocycles. The number of rotatable bonds is 5. The van der Waals surface area contributed by atoms with Crippen LogP contribution in [0, 0.1) is 0 Å². The molecule has 3 aromatic carbocycles. The molecule has 0 radical (unpaired) electrons. The first-order chi connectivity index (χ1) is 17.0. The molecule has 8 nitrogen and oxygen atoms in total. The minimum Gasteiger partial charge on any atom is -0.495 e. The van der Waals surface area contributed by atoms with Gasteiger partial charge in [0.1, 0.15) is 5.75 Å². The molecule has 35 heavy (non-hydrogen) atoms. The zero-order valence-electron chi connectivity index (χ0n) is 18.6. The molecule has 1 aliphatic rings. The number of anilines is 4. The number of amides is 2. The smallest absolute Gasteiger partial charge is 0.255 e. The highest BCUT2D eigenvalue weighted by molar-refractivity contribution is 6.31. The molecule has 0 unspecified atom stereocenters. The Morgan fingerprint density at radius 2 is 1.89 bits per heavy atom. The van der Waals surface area contributed by atoms with Crippen LogP contribution in [-0.2, 0) is 11.2 Å². The van der Waals surface area contributed by atoms with E-state index < -0.39 is 0 Å². The van der Waals surface area contributed by atoms with E-state index in [2.05, 4.69) is 25.9 Å². The van der Waals surface area contributed by atoms with Crippen LogP contribution >= 0.6 is 11.6 Å². The molecule has 0 saturated carbocycles. The van der Waals surface area contributed by atoms with Gasteiger partial charge in [0.05, 0.1) is 30.6 Å². The third kappa shape index (κ3) is 4.78. The fraction of sp³-hybridized carbons (Fsp3) is 0.0769. The highest BCUT2D eigenvalue weighted by Gasteiger charge is 2.21. The number of nitrogens with zero attached hydrogens (tertiary/aromatic N) is 2. The molecule has 0 bridgehead atoms. The van der Waals surface area contributed by atoms with E-state index in [0.29, 0.717) is 45.0 Å². The van der Waals surface area contributed by atoms with Crippen LogP contribution in [0.4, 0.5) is 23.0 Å². The van der Waals surface area contributed by atoms with Crippen LogP contribution in [0.25, 0.3) is 11.3 Å². The summed E-state index contributed by atoms with van der Waals surface area (Å²) in [5.74, 6) is 0.541. The van der Waals surface area contributed by atoms with Crippen molar-refractivity contribution in [3.63, 3.8) is 0 Å². The van der Waals surface area contributed by atoms with Crippen molar-refractivity contribution in [3.8, 4) is 17.0 Å². The molecule has 2 amide bonds. The second-order valence-corrected chi connectivity index (χ2v) is 8.28. The second kappa shape index (κ2) is 9.44. The van der Waals surface area contributed by atoms with E-state index in [0.717, 1.165) is 11.1 Å². The molecule has 1 aliphatic heterocycles. The summed E-state index contributed by atoms with van der Waals surface area (Å²) < 4.78 is 5.28. The van der Waals surface area contributed by atoms with Gasteiger partial charge in [-0.3, -0.25) is 9.59 Å². The van der Waals surface area contributed by atoms with E-state index in [4.69, 9.17) is 16.3 Å². The number of methoxy groups -OCH3 is 1. The third-order valence-electron chi connectivity index (χ3n) is 5.48. The molecular weight excluding hydrogens is 466 g/mol. The van der Waals surface area contributed by atoms with E-state index in [1.807, 2.05) is 18.2 Å². The number of hydrogen-bond acceptors (Lipinski definition) is 6. The van der Waals surface area contributed by atoms with Crippen molar-refractivity contribution in [1.29, 1.82) is 0 Å². The zero-order chi connectivity index (χ0) is 24.4. The Hall–Kier alpha value is -4.43. The number of carbonyl (C=O) groups excluding carboxylic acids is 2. The highest BCUT2D eigenvalue weighted by atomic mass is 35.5. The molecule has 9 heteroatoms. The van der Waals surface area contributed by atoms with Gasteiger partial charge in [-0.15, -0.1) is 0 Å². The maximum atomic E-state index is 12.7. The number of nitrogens with one attached hydrogen (secondary N) is 3. The van der Waals surface area contributed by atoms with Crippen LogP contribution in [0.15, 0.2) is 72.9 Å². The lowest BCUT2D eigenvalue weighted by atomic mass is 10.1. The lowest BCUT2D eigenvalue weighted by Crippen LogP contribution is -2.13. The Morgan fingerprint density at radius 3 is 2.69 bits per heavy atom. The summed E-state index contributed by atoms with van der Waals surface area (Å²) in [5.41, 5.74) is 4.53. The maximum Gasteiger partial charge on any atom is 0.255 e. The number of ether oxygens (including phenoxy) is 1. The minimum absolute atomic E-state index is 0.154. The summed E-state index contributed by atoms with van der Waals surface area (Å²) in [6.07, 6.45) is 1.81. The van der Waals surface area contributed by atoms with Gasteiger partial charge in [-0.25, -0.2) is 9.97 Å². The van der Waals surface area contributed by atoms with Crippen LogP contribution in [0.3, 0.4) is 0 Å². The molecular formula is C26H20ClN5O3. The Morgan fingerprint density at radius 1 is 1.09 bits per heavy atom.